The van der Waals surface area contributed by atoms with Crippen molar-refractivity contribution in [1.29, 1.82) is 5.26 Å². The molecule has 11 nitrogen and oxygen atoms in total. The second-order valence-electron chi connectivity index (χ2n) is 11.6. The highest BCUT2D eigenvalue weighted by atomic mass is 32.2. The molecule has 8 rings (SSSR count). The van der Waals surface area contributed by atoms with Gasteiger partial charge in [0.25, 0.3) is 0 Å². The van der Waals surface area contributed by atoms with Gasteiger partial charge in [-0.2, -0.15) is 5.26 Å². The van der Waals surface area contributed by atoms with E-state index < -0.39 is 0 Å². The molecule has 0 bridgehead atoms. The van der Waals surface area contributed by atoms with Crippen LogP contribution in [0.3, 0.4) is 0 Å². The van der Waals surface area contributed by atoms with Crippen molar-refractivity contribution in [2.45, 2.75) is 60.6 Å². The average Bonchev–Trinajstić information content (AvgIpc) is 3.62. The highest BCUT2D eigenvalue weighted by molar-refractivity contribution is 8.00. The number of thioether (sulfide) groups is 1. The highest BCUT2D eigenvalue weighted by Gasteiger charge is 2.76. The number of hydrogen-bond donors (Lipinski definition) is 2. The second kappa shape index (κ2) is 9.39. The molecule has 3 aromatic rings. The number of anilines is 2. The Morgan fingerprint density at radius 1 is 1.26 bits per heavy atom. The van der Waals surface area contributed by atoms with Crippen molar-refractivity contribution >= 4 is 40.0 Å². The first-order chi connectivity index (χ1) is 20.3. The fourth-order valence-electron chi connectivity index (χ4n) is 7.32. The lowest BCUT2D eigenvalue weighted by Gasteiger charge is -2.81. The Balaban J connectivity index is 1.00. The number of piperazine rings is 1. The number of nitrogens with one attached hydrogen (secondary N) is 1. The van der Waals surface area contributed by atoms with Crippen LogP contribution in [0, 0.1) is 17.1 Å². The lowest BCUT2D eigenvalue weighted by atomic mass is 9.52. The van der Waals surface area contributed by atoms with E-state index in [0.29, 0.717) is 53.0 Å². The number of aryl methyl sites for hydroxylation is 1. The van der Waals surface area contributed by atoms with E-state index in [-0.39, 0.29) is 28.9 Å². The van der Waals surface area contributed by atoms with Crippen LogP contribution in [-0.4, -0.2) is 103 Å². The van der Waals surface area contributed by atoms with E-state index in [2.05, 4.69) is 28.2 Å². The number of benzene rings is 1. The number of halogens is 1. The highest BCUT2D eigenvalue weighted by Crippen LogP contribution is 2.62. The first-order valence-electron chi connectivity index (χ1n) is 14.3. The fraction of sp³-hybridized carbons (Fsp3) is 0.500. The number of carbonyl (C=O) groups is 1. The van der Waals surface area contributed by atoms with Gasteiger partial charge in [-0.3, -0.25) is 20.0 Å². The van der Waals surface area contributed by atoms with Crippen LogP contribution >= 0.6 is 23.1 Å². The third-order valence-electron chi connectivity index (χ3n) is 9.62. The van der Waals surface area contributed by atoms with Gasteiger partial charge in [0.15, 0.2) is 21.6 Å². The van der Waals surface area contributed by atoms with E-state index in [4.69, 9.17) is 9.97 Å². The smallest absolute Gasteiger partial charge is 0.236 e. The van der Waals surface area contributed by atoms with Crippen LogP contribution in [-0.2, 0) is 11.2 Å². The summed E-state index contributed by atoms with van der Waals surface area (Å²) in [7, 11) is 1.94. The van der Waals surface area contributed by atoms with Crippen LogP contribution in [0.5, 0.6) is 0 Å². The Morgan fingerprint density at radius 3 is 2.69 bits per heavy atom. The van der Waals surface area contributed by atoms with Crippen LogP contribution in [0.4, 0.5) is 15.3 Å². The summed E-state index contributed by atoms with van der Waals surface area (Å²) in [6.45, 7) is 4.32. The number of fused-ring (bicyclic) bond motifs is 1. The summed E-state index contributed by atoms with van der Waals surface area (Å²) in [5, 5.41) is 20.9. The summed E-state index contributed by atoms with van der Waals surface area (Å²) in [5.74, 6) is 0.683. The molecule has 42 heavy (non-hydrogen) atoms. The Morgan fingerprint density at radius 2 is 2.05 bits per heavy atom. The number of hydrogen-bond acceptors (Lipinski definition) is 11. The Kier molecular flexibility index (Phi) is 5.90. The van der Waals surface area contributed by atoms with E-state index in [0.717, 1.165) is 42.5 Å². The van der Waals surface area contributed by atoms with Crippen LogP contribution < -0.4 is 10.3 Å². The summed E-state index contributed by atoms with van der Waals surface area (Å²) < 4.78 is 15.6. The molecule has 218 valence electrons. The molecule has 1 spiro atoms. The summed E-state index contributed by atoms with van der Waals surface area (Å²) in [5.41, 5.74) is 6.03. The van der Waals surface area contributed by atoms with Crippen molar-refractivity contribution in [1.82, 2.24) is 29.3 Å². The molecule has 4 fully saturated rings. The number of thiazole rings is 1. The largest absolute Gasteiger partial charge is 0.389 e. The van der Waals surface area contributed by atoms with Gasteiger partial charge in [0.05, 0.1) is 23.9 Å². The van der Waals surface area contributed by atoms with E-state index in [1.54, 1.807) is 28.8 Å². The van der Waals surface area contributed by atoms with Crippen molar-refractivity contribution in [2.75, 3.05) is 43.6 Å². The topological polar surface area (TPSA) is 117 Å². The zero-order valence-corrected chi connectivity index (χ0v) is 24.8. The van der Waals surface area contributed by atoms with Gasteiger partial charge in [-0.25, -0.2) is 19.0 Å². The molecule has 1 aliphatic carbocycles. The third kappa shape index (κ3) is 3.57. The molecule has 1 saturated carbocycles. The normalized spacial score (nSPS) is 27.9. The maximum atomic E-state index is 13.5. The lowest BCUT2D eigenvalue weighted by molar-refractivity contribution is -0.293. The van der Waals surface area contributed by atoms with Gasteiger partial charge >= 0.3 is 0 Å². The van der Waals surface area contributed by atoms with E-state index >= 15 is 0 Å². The number of piperidine rings is 1. The summed E-state index contributed by atoms with van der Waals surface area (Å²) >= 11 is 3.02. The van der Waals surface area contributed by atoms with Crippen molar-refractivity contribution < 1.29 is 14.3 Å². The molecule has 0 radical (unpaired) electrons. The molecule has 6 heterocycles. The molecule has 3 saturated heterocycles. The van der Waals surface area contributed by atoms with Crippen molar-refractivity contribution in [3.05, 3.63) is 40.7 Å². The molecular formula is C28H30FN9O2S2. The van der Waals surface area contributed by atoms with Gasteiger partial charge in [0.2, 0.25) is 5.91 Å². The minimum atomic E-state index is -0.373. The Labute approximate surface area is 250 Å². The van der Waals surface area contributed by atoms with Crippen LogP contribution in [0.1, 0.15) is 30.3 Å². The fourth-order valence-corrected chi connectivity index (χ4v) is 9.34. The standard InChI is InChI=1S/C28H30FN9O2S2/c1-3-18-24(34(2)25-32-23(19(10-30)41-25)15-4-6-16(29)7-5-15)38-26(31-18)42-27(33-38)37-13-21-28(37)9-8-20(28)36(21)14-22(40)35-11-17(39)12-35/h4-7,17,20-21,27,33,39H,3,8-9,11-14H2,1-2H3. The maximum Gasteiger partial charge on any atom is 0.236 e. The molecule has 4 atom stereocenters. The first-order valence-corrected chi connectivity index (χ1v) is 16.0. The molecular weight excluding hydrogens is 578 g/mol. The van der Waals surface area contributed by atoms with Crippen molar-refractivity contribution in [3.63, 3.8) is 0 Å². The zero-order valence-electron chi connectivity index (χ0n) is 23.2. The number of β-amino-alcohol motifs (C(OH)–C–C–N with tert-alkyl or cyclic N) is 1. The van der Waals surface area contributed by atoms with E-state index in [9.17, 15) is 19.6 Å². The van der Waals surface area contributed by atoms with Crippen molar-refractivity contribution in [3.8, 4) is 17.3 Å². The lowest BCUT2D eigenvalue weighted by Crippen LogP contribution is -2.97. The van der Waals surface area contributed by atoms with Crippen LogP contribution in [0.15, 0.2) is 29.4 Å². The third-order valence-corrected chi connectivity index (χ3v) is 11.7. The van der Waals surface area contributed by atoms with E-state index in [1.807, 2.05) is 16.6 Å². The van der Waals surface area contributed by atoms with Crippen LogP contribution in [0.25, 0.3) is 11.3 Å². The molecule has 1 aromatic carbocycles. The number of likely N-dealkylation sites (tertiary alicyclic amines) is 3. The Bertz CT molecular complexity index is 1620. The number of aliphatic hydroxyl groups excluding tert-OH is 1. The van der Waals surface area contributed by atoms with Gasteiger partial charge in [0.1, 0.15) is 22.5 Å². The van der Waals surface area contributed by atoms with Crippen molar-refractivity contribution in [2.24, 2.45) is 0 Å². The SMILES string of the molecule is CCc1nc2n(c1N(C)c1nc(-c3ccc(F)cc3)c(C#N)s1)NC(N1CC3N(CC(=O)N4CC(O)C4)C4CCC431)S2. The number of aromatic nitrogens is 3. The minimum absolute atomic E-state index is 0.0359. The number of amides is 1. The monoisotopic (exact) mass is 607 g/mol. The number of carbonyl (C=O) groups excluding carboxylic acids is 1. The van der Waals surface area contributed by atoms with Crippen LogP contribution in [0.2, 0.25) is 0 Å². The quantitative estimate of drug-likeness (QED) is 0.415. The van der Waals surface area contributed by atoms with Gasteiger partial charge < -0.3 is 14.9 Å². The molecule has 2 aromatic heterocycles. The Hall–Kier alpha value is -3.22. The summed E-state index contributed by atoms with van der Waals surface area (Å²) in [6, 6.07) is 9.08. The van der Waals surface area contributed by atoms with E-state index in [1.165, 1.54) is 23.5 Å². The molecule has 4 unspecified atom stereocenters. The number of aliphatic hydroxyl groups is 1. The number of nitriles is 1. The van der Waals surface area contributed by atoms with Gasteiger partial charge in [0, 0.05) is 44.3 Å². The van der Waals surface area contributed by atoms with Gasteiger partial charge in [-0.15, -0.1) is 0 Å². The first kappa shape index (κ1) is 26.4. The molecule has 4 aliphatic heterocycles. The van der Waals surface area contributed by atoms with Gasteiger partial charge in [-0.1, -0.05) is 18.3 Å². The molecule has 5 aliphatic rings. The number of nitrogens with zero attached hydrogens (tertiary/aromatic N) is 8. The molecule has 14 heteroatoms. The zero-order chi connectivity index (χ0) is 28.9. The maximum absolute atomic E-state index is 13.5. The molecule has 2 N–H and O–H groups in total. The summed E-state index contributed by atoms with van der Waals surface area (Å²) in [4.78, 5) is 31.6. The molecule has 1 amide bonds. The minimum Gasteiger partial charge on any atom is -0.389 e. The summed E-state index contributed by atoms with van der Waals surface area (Å²) in [6.07, 6.45) is 2.59. The predicted octanol–water partition coefficient (Wildman–Crippen LogP) is 2.38. The predicted molar refractivity (Wildman–Crippen MR) is 156 cm³/mol. The average molecular weight is 608 g/mol. The second-order valence-corrected chi connectivity index (χ2v) is 13.7. The van der Waals surface area contributed by atoms with Gasteiger partial charge in [-0.05, 0) is 55.3 Å². The number of rotatable bonds is 7. The number of imidazole rings is 1.